The first-order valence-corrected chi connectivity index (χ1v) is 3.98. The number of anilines is 1. The van der Waals surface area contributed by atoms with E-state index in [1.807, 2.05) is 5.38 Å². The predicted molar refractivity (Wildman–Crippen MR) is 42.3 cm³/mol. The molecule has 0 radical (unpaired) electrons. The second kappa shape index (κ2) is 3.53. The molecule has 0 aromatic carbocycles. The zero-order valence-electron chi connectivity index (χ0n) is 5.74. The third-order valence-electron chi connectivity index (χ3n) is 0.981. The standard InChI is InChI=1S/C6H10N2OS/c1-5(9)4-8-6-7-2-3-10-6/h2-3,5,9H,4H2,1H3,(H,7,8). The van der Waals surface area contributed by atoms with Gasteiger partial charge in [-0.1, -0.05) is 0 Å². The molecular formula is C6H10N2OS. The first-order valence-electron chi connectivity index (χ1n) is 3.10. The van der Waals surface area contributed by atoms with Gasteiger partial charge in [-0.15, -0.1) is 11.3 Å². The molecule has 0 aliphatic carbocycles. The first kappa shape index (κ1) is 7.50. The van der Waals surface area contributed by atoms with Crippen molar-refractivity contribution in [1.82, 2.24) is 4.98 Å². The number of hydrogen-bond acceptors (Lipinski definition) is 4. The molecule has 0 amide bonds. The van der Waals surface area contributed by atoms with Crippen molar-refractivity contribution in [1.29, 1.82) is 0 Å². The van der Waals surface area contributed by atoms with Gasteiger partial charge in [-0.25, -0.2) is 4.98 Å². The van der Waals surface area contributed by atoms with Crippen molar-refractivity contribution in [2.45, 2.75) is 13.0 Å². The number of nitrogens with zero attached hydrogens (tertiary/aromatic N) is 1. The van der Waals surface area contributed by atoms with Crippen LogP contribution in [0.5, 0.6) is 0 Å². The Morgan fingerprint density at radius 3 is 3.20 bits per heavy atom. The summed E-state index contributed by atoms with van der Waals surface area (Å²) >= 11 is 1.53. The van der Waals surface area contributed by atoms with E-state index in [-0.39, 0.29) is 6.10 Å². The quantitative estimate of drug-likeness (QED) is 0.688. The molecule has 0 saturated heterocycles. The van der Waals surface area contributed by atoms with Crippen molar-refractivity contribution in [3.63, 3.8) is 0 Å². The molecular weight excluding hydrogens is 148 g/mol. The van der Waals surface area contributed by atoms with Crippen LogP contribution in [0, 0.1) is 0 Å². The van der Waals surface area contributed by atoms with E-state index in [1.54, 1.807) is 13.1 Å². The number of thiazole rings is 1. The number of aliphatic hydroxyl groups is 1. The molecule has 1 unspecified atom stereocenters. The van der Waals surface area contributed by atoms with E-state index in [4.69, 9.17) is 5.11 Å². The molecule has 10 heavy (non-hydrogen) atoms. The van der Waals surface area contributed by atoms with Crippen LogP contribution < -0.4 is 5.32 Å². The lowest BCUT2D eigenvalue weighted by Gasteiger charge is -2.03. The Balaban J connectivity index is 2.28. The molecule has 1 rings (SSSR count). The predicted octanol–water partition coefficient (Wildman–Crippen LogP) is 0.936. The molecule has 0 saturated carbocycles. The van der Waals surface area contributed by atoms with Gasteiger partial charge in [0.1, 0.15) is 0 Å². The van der Waals surface area contributed by atoms with Gasteiger partial charge < -0.3 is 10.4 Å². The van der Waals surface area contributed by atoms with Crippen LogP contribution in [0.1, 0.15) is 6.92 Å². The molecule has 1 atom stereocenters. The van der Waals surface area contributed by atoms with Crippen molar-refractivity contribution < 1.29 is 5.11 Å². The van der Waals surface area contributed by atoms with Gasteiger partial charge in [0.15, 0.2) is 5.13 Å². The molecule has 0 bridgehead atoms. The minimum absolute atomic E-state index is 0.316. The van der Waals surface area contributed by atoms with Crippen LogP contribution in [0.15, 0.2) is 11.6 Å². The van der Waals surface area contributed by atoms with Crippen LogP contribution in [0.4, 0.5) is 5.13 Å². The third kappa shape index (κ3) is 2.33. The molecule has 0 aliphatic rings. The van der Waals surface area contributed by atoms with Crippen LogP contribution in [-0.2, 0) is 0 Å². The average Bonchev–Trinajstić information content (AvgIpc) is 2.34. The maximum Gasteiger partial charge on any atom is 0.182 e. The Bertz CT molecular complexity index is 174. The van der Waals surface area contributed by atoms with Gasteiger partial charge in [0.2, 0.25) is 0 Å². The van der Waals surface area contributed by atoms with E-state index in [0.29, 0.717) is 6.54 Å². The third-order valence-corrected chi connectivity index (χ3v) is 1.71. The number of hydrogen-bond donors (Lipinski definition) is 2. The van der Waals surface area contributed by atoms with Gasteiger partial charge in [-0.2, -0.15) is 0 Å². The zero-order valence-corrected chi connectivity index (χ0v) is 6.56. The average molecular weight is 158 g/mol. The highest BCUT2D eigenvalue weighted by Gasteiger charge is 1.95. The highest BCUT2D eigenvalue weighted by atomic mass is 32.1. The molecule has 0 spiro atoms. The maximum absolute atomic E-state index is 8.87. The van der Waals surface area contributed by atoms with Crippen molar-refractivity contribution >= 4 is 16.5 Å². The van der Waals surface area contributed by atoms with Crippen molar-refractivity contribution in [2.75, 3.05) is 11.9 Å². The Kier molecular flexibility index (Phi) is 2.65. The van der Waals surface area contributed by atoms with E-state index in [1.165, 1.54) is 11.3 Å². The van der Waals surface area contributed by atoms with E-state index >= 15 is 0 Å². The van der Waals surface area contributed by atoms with Crippen LogP contribution in [0.25, 0.3) is 0 Å². The molecule has 3 nitrogen and oxygen atoms in total. The lowest BCUT2D eigenvalue weighted by atomic mass is 10.4. The summed E-state index contributed by atoms with van der Waals surface area (Å²) in [5.74, 6) is 0. The lowest BCUT2D eigenvalue weighted by Crippen LogP contribution is -2.14. The summed E-state index contributed by atoms with van der Waals surface area (Å²) in [5.41, 5.74) is 0. The largest absolute Gasteiger partial charge is 0.392 e. The van der Waals surface area contributed by atoms with Crippen molar-refractivity contribution in [3.05, 3.63) is 11.6 Å². The summed E-state index contributed by atoms with van der Waals surface area (Å²) in [7, 11) is 0. The van der Waals surface area contributed by atoms with E-state index in [9.17, 15) is 0 Å². The minimum atomic E-state index is -0.316. The summed E-state index contributed by atoms with van der Waals surface area (Å²) in [6.07, 6.45) is 1.42. The van der Waals surface area contributed by atoms with Crippen LogP contribution in [0.3, 0.4) is 0 Å². The van der Waals surface area contributed by atoms with Gasteiger partial charge >= 0.3 is 0 Å². The summed E-state index contributed by atoms with van der Waals surface area (Å²) in [6.45, 7) is 2.30. The van der Waals surface area contributed by atoms with Crippen LogP contribution in [0.2, 0.25) is 0 Å². The van der Waals surface area contributed by atoms with Gasteiger partial charge in [0.05, 0.1) is 6.10 Å². The Morgan fingerprint density at radius 2 is 2.70 bits per heavy atom. The van der Waals surface area contributed by atoms with E-state index < -0.39 is 0 Å². The highest BCUT2D eigenvalue weighted by Crippen LogP contribution is 2.09. The number of nitrogens with one attached hydrogen (secondary N) is 1. The van der Waals surface area contributed by atoms with Crippen LogP contribution in [-0.4, -0.2) is 22.7 Å². The molecule has 56 valence electrons. The van der Waals surface area contributed by atoms with Gasteiger partial charge in [-0.3, -0.25) is 0 Å². The fourth-order valence-electron chi connectivity index (χ4n) is 0.546. The smallest absolute Gasteiger partial charge is 0.182 e. The molecule has 0 aliphatic heterocycles. The number of aromatic nitrogens is 1. The topological polar surface area (TPSA) is 45.1 Å². The van der Waals surface area contributed by atoms with Gasteiger partial charge in [0.25, 0.3) is 0 Å². The van der Waals surface area contributed by atoms with Crippen molar-refractivity contribution in [2.24, 2.45) is 0 Å². The minimum Gasteiger partial charge on any atom is -0.392 e. The fourth-order valence-corrected chi connectivity index (χ4v) is 1.08. The van der Waals surface area contributed by atoms with Gasteiger partial charge in [0, 0.05) is 18.1 Å². The molecule has 1 aromatic heterocycles. The molecule has 4 heteroatoms. The monoisotopic (exact) mass is 158 g/mol. The summed E-state index contributed by atoms with van der Waals surface area (Å²) in [6, 6.07) is 0. The zero-order chi connectivity index (χ0) is 7.40. The Morgan fingerprint density at radius 1 is 1.90 bits per heavy atom. The summed E-state index contributed by atoms with van der Waals surface area (Å²) in [5, 5.41) is 14.6. The molecule has 1 heterocycles. The van der Waals surface area contributed by atoms with Crippen LogP contribution >= 0.6 is 11.3 Å². The lowest BCUT2D eigenvalue weighted by molar-refractivity contribution is 0.208. The number of rotatable bonds is 3. The highest BCUT2D eigenvalue weighted by molar-refractivity contribution is 7.13. The normalized spacial score (nSPS) is 13.0. The molecule has 2 N–H and O–H groups in total. The fraction of sp³-hybridized carbons (Fsp3) is 0.500. The second-order valence-corrected chi connectivity index (χ2v) is 2.96. The summed E-state index contributed by atoms with van der Waals surface area (Å²) in [4.78, 5) is 3.98. The molecule has 1 aromatic rings. The first-order chi connectivity index (χ1) is 4.79. The molecule has 0 fully saturated rings. The summed E-state index contributed by atoms with van der Waals surface area (Å²) < 4.78 is 0. The SMILES string of the molecule is CC(O)CNc1nccs1. The second-order valence-electron chi connectivity index (χ2n) is 2.07. The van der Waals surface area contributed by atoms with Crippen molar-refractivity contribution in [3.8, 4) is 0 Å². The number of aliphatic hydroxyl groups excluding tert-OH is 1. The Labute approximate surface area is 63.7 Å². The van der Waals surface area contributed by atoms with E-state index in [2.05, 4.69) is 10.3 Å². The Hall–Kier alpha value is -0.610. The van der Waals surface area contributed by atoms with E-state index in [0.717, 1.165) is 5.13 Å². The van der Waals surface area contributed by atoms with Gasteiger partial charge in [-0.05, 0) is 6.92 Å². The maximum atomic E-state index is 8.87.